The van der Waals surface area contributed by atoms with Crippen LogP contribution in [0.1, 0.15) is 21.3 Å². The first-order valence-corrected chi connectivity index (χ1v) is 11.7. The number of nitrogens with zero attached hydrogens (tertiary/aromatic N) is 3. The highest BCUT2D eigenvalue weighted by Gasteiger charge is 2.20. The molecule has 1 atom stereocenters. The summed E-state index contributed by atoms with van der Waals surface area (Å²) in [4.78, 5) is 2.43. The molecule has 0 radical (unpaired) electrons. The van der Waals surface area contributed by atoms with E-state index in [0.717, 1.165) is 54.6 Å². The van der Waals surface area contributed by atoms with Crippen molar-refractivity contribution in [3.8, 4) is 0 Å². The predicted molar refractivity (Wildman–Crippen MR) is 122 cm³/mol. The molecular formula is C21H31N5O2S. The van der Waals surface area contributed by atoms with Gasteiger partial charge in [-0.2, -0.15) is 5.10 Å². The standard InChI is InChI=1S/C21H27N5O2S.2H2/c1-25(29(2,27)28)20-7-3-5-16(11-20)14-26-10-4-6-19(15-26)23-18-8-9-21-17(12-18)13-22-24-21;;/h3,5,7-9,11-13,19,23H,4,6,10,14-15H2,1-2H3,(H,22,24);2*1H. The lowest BCUT2D eigenvalue weighted by molar-refractivity contribution is 0.208. The van der Waals surface area contributed by atoms with E-state index in [-0.39, 0.29) is 2.85 Å². The Morgan fingerprint density at radius 1 is 1.31 bits per heavy atom. The number of piperidine rings is 1. The highest BCUT2D eigenvalue weighted by Crippen LogP contribution is 2.23. The number of aromatic nitrogens is 2. The van der Waals surface area contributed by atoms with Crippen LogP contribution in [0.3, 0.4) is 0 Å². The zero-order chi connectivity index (χ0) is 20.4. The lowest BCUT2D eigenvalue weighted by atomic mass is 10.0. The predicted octanol–water partition coefficient (Wildman–Crippen LogP) is 3.53. The molecule has 1 fully saturated rings. The minimum absolute atomic E-state index is 0. The first-order chi connectivity index (χ1) is 13.9. The normalized spacial score (nSPS) is 18.1. The average molecular weight is 418 g/mol. The van der Waals surface area contributed by atoms with Crippen molar-refractivity contribution in [2.75, 3.05) is 36.0 Å². The maximum atomic E-state index is 11.8. The van der Waals surface area contributed by atoms with Crippen molar-refractivity contribution in [3.05, 3.63) is 54.2 Å². The molecule has 1 saturated heterocycles. The number of benzene rings is 2. The summed E-state index contributed by atoms with van der Waals surface area (Å²) < 4.78 is 25.0. The number of rotatable bonds is 6. The molecule has 1 aromatic heterocycles. The summed E-state index contributed by atoms with van der Waals surface area (Å²) in [6, 6.07) is 14.4. The van der Waals surface area contributed by atoms with Crippen LogP contribution in [-0.4, -0.2) is 55.9 Å². The third-order valence-electron chi connectivity index (χ3n) is 5.49. The minimum Gasteiger partial charge on any atom is -0.381 e. The Kier molecular flexibility index (Phi) is 5.47. The number of nitrogens with one attached hydrogen (secondary N) is 2. The van der Waals surface area contributed by atoms with Crippen molar-refractivity contribution >= 4 is 32.3 Å². The van der Waals surface area contributed by atoms with Crippen LogP contribution in [0.4, 0.5) is 11.4 Å². The van der Waals surface area contributed by atoms with Gasteiger partial charge in [0.05, 0.1) is 23.7 Å². The lowest BCUT2D eigenvalue weighted by Gasteiger charge is -2.34. The summed E-state index contributed by atoms with van der Waals surface area (Å²) in [5, 5.41) is 11.8. The number of hydrogen-bond acceptors (Lipinski definition) is 5. The summed E-state index contributed by atoms with van der Waals surface area (Å²) in [5.41, 5.74) is 3.98. The van der Waals surface area contributed by atoms with Crippen LogP contribution < -0.4 is 9.62 Å². The van der Waals surface area contributed by atoms with Crippen LogP contribution in [0.15, 0.2) is 48.7 Å². The van der Waals surface area contributed by atoms with E-state index in [1.807, 2.05) is 24.4 Å². The van der Waals surface area contributed by atoms with Gasteiger partial charge in [0.1, 0.15) is 0 Å². The molecule has 0 bridgehead atoms. The van der Waals surface area contributed by atoms with Crippen molar-refractivity contribution in [2.45, 2.75) is 25.4 Å². The smallest absolute Gasteiger partial charge is 0.231 e. The summed E-state index contributed by atoms with van der Waals surface area (Å²) in [5.74, 6) is 0. The van der Waals surface area contributed by atoms with Crippen LogP contribution >= 0.6 is 0 Å². The largest absolute Gasteiger partial charge is 0.381 e. The number of anilines is 2. The second kappa shape index (κ2) is 8.04. The van der Waals surface area contributed by atoms with Crippen LogP contribution in [-0.2, 0) is 16.6 Å². The number of fused-ring (bicyclic) bond motifs is 1. The molecule has 4 rings (SSSR count). The molecule has 2 aromatic carbocycles. The topological polar surface area (TPSA) is 81.3 Å². The molecular weight excluding hydrogens is 386 g/mol. The number of H-pyrrole nitrogens is 1. The molecule has 1 aliphatic rings. The Bertz CT molecular complexity index is 1110. The Labute approximate surface area is 174 Å². The number of hydrogen-bond donors (Lipinski definition) is 2. The molecule has 1 aliphatic heterocycles. The lowest BCUT2D eigenvalue weighted by Crippen LogP contribution is -2.41. The molecule has 7 nitrogen and oxygen atoms in total. The Balaban J connectivity index is 0.00000171. The maximum absolute atomic E-state index is 11.8. The molecule has 29 heavy (non-hydrogen) atoms. The van der Waals surface area contributed by atoms with Gasteiger partial charge < -0.3 is 5.32 Å². The average Bonchev–Trinajstić information content (AvgIpc) is 3.15. The van der Waals surface area contributed by atoms with E-state index in [0.29, 0.717) is 11.7 Å². The quantitative estimate of drug-likeness (QED) is 0.641. The number of likely N-dealkylation sites (tertiary alicyclic amines) is 1. The van der Waals surface area contributed by atoms with Gasteiger partial charge in [0.25, 0.3) is 0 Å². The van der Waals surface area contributed by atoms with Crippen molar-refractivity contribution in [3.63, 3.8) is 0 Å². The fraction of sp³-hybridized carbons (Fsp3) is 0.381. The number of aromatic amines is 1. The van der Waals surface area contributed by atoms with Gasteiger partial charge in [-0.25, -0.2) is 8.42 Å². The molecule has 0 aliphatic carbocycles. The summed E-state index contributed by atoms with van der Waals surface area (Å²) >= 11 is 0. The zero-order valence-corrected chi connectivity index (χ0v) is 17.6. The molecule has 8 heteroatoms. The Morgan fingerprint density at radius 3 is 3.00 bits per heavy atom. The molecule has 1 unspecified atom stereocenters. The molecule has 2 N–H and O–H groups in total. The van der Waals surface area contributed by atoms with Crippen molar-refractivity contribution in [2.24, 2.45) is 0 Å². The Morgan fingerprint density at radius 2 is 2.17 bits per heavy atom. The number of sulfonamides is 1. The third-order valence-corrected chi connectivity index (χ3v) is 6.70. The van der Waals surface area contributed by atoms with E-state index in [9.17, 15) is 8.42 Å². The van der Waals surface area contributed by atoms with E-state index in [1.165, 1.54) is 10.6 Å². The fourth-order valence-electron chi connectivity index (χ4n) is 3.89. The van der Waals surface area contributed by atoms with Gasteiger partial charge in [-0.05, 0) is 55.3 Å². The van der Waals surface area contributed by atoms with Crippen molar-refractivity contribution in [1.82, 2.24) is 15.1 Å². The molecule has 0 saturated carbocycles. The van der Waals surface area contributed by atoms with Gasteiger partial charge in [0.15, 0.2) is 0 Å². The third kappa shape index (κ3) is 4.71. The first kappa shape index (κ1) is 19.7. The summed E-state index contributed by atoms with van der Waals surface area (Å²) in [6.45, 7) is 2.81. The van der Waals surface area contributed by atoms with Crippen LogP contribution in [0.5, 0.6) is 0 Å². The van der Waals surface area contributed by atoms with Crippen molar-refractivity contribution < 1.29 is 11.3 Å². The summed E-state index contributed by atoms with van der Waals surface area (Å²) in [7, 11) is -1.67. The van der Waals surface area contributed by atoms with Gasteiger partial charge in [-0.1, -0.05) is 12.1 Å². The molecule has 2 heterocycles. The van der Waals surface area contributed by atoms with E-state index in [2.05, 4.69) is 44.7 Å². The van der Waals surface area contributed by atoms with E-state index in [4.69, 9.17) is 0 Å². The monoisotopic (exact) mass is 417 g/mol. The Hall–Kier alpha value is -2.58. The van der Waals surface area contributed by atoms with Gasteiger partial charge in [-0.15, -0.1) is 0 Å². The SMILES string of the molecule is CN(c1cccc(CN2CCCC(Nc3ccc4[nH]ncc4c3)C2)c1)S(C)(=O)=O.[HH].[HH]. The maximum Gasteiger partial charge on any atom is 0.231 e. The molecule has 0 spiro atoms. The zero-order valence-electron chi connectivity index (χ0n) is 16.8. The van der Waals surface area contributed by atoms with Crippen LogP contribution in [0.25, 0.3) is 10.9 Å². The van der Waals surface area contributed by atoms with E-state index in [1.54, 1.807) is 7.05 Å². The highest BCUT2D eigenvalue weighted by atomic mass is 32.2. The van der Waals surface area contributed by atoms with Gasteiger partial charge in [-0.3, -0.25) is 14.3 Å². The van der Waals surface area contributed by atoms with E-state index >= 15 is 0 Å². The minimum atomic E-state index is -3.26. The first-order valence-electron chi connectivity index (χ1n) is 9.83. The fourth-order valence-corrected chi connectivity index (χ4v) is 4.38. The second-order valence-electron chi connectivity index (χ2n) is 7.79. The van der Waals surface area contributed by atoms with Crippen LogP contribution in [0.2, 0.25) is 0 Å². The van der Waals surface area contributed by atoms with Gasteiger partial charge in [0, 0.05) is 40.1 Å². The molecule has 3 aromatic rings. The van der Waals surface area contributed by atoms with E-state index < -0.39 is 10.0 Å². The summed E-state index contributed by atoms with van der Waals surface area (Å²) in [6.07, 6.45) is 5.33. The van der Waals surface area contributed by atoms with Gasteiger partial charge in [0.2, 0.25) is 10.0 Å². The molecule has 158 valence electrons. The van der Waals surface area contributed by atoms with Crippen LogP contribution in [0, 0.1) is 0 Å². The highest BCUT2D eigenvalue weighted by molar-refractivity contribution is 7.92. The molecule has 0 amide bonds. The van der Waals surface area contributed by atoms with Gasteiger partial charge >= 0.3 is 0 Å². The second-order valence-corrected chi connectivity index (χ2v) is 9.80. The van der Waals surface area contributed by atoms with Crippen molar-refractivity contribution in [1.29, 1.82) is 0 Å².